The normalized spacial score (nSPS) is 14.8. The van der Waals surface area contributed by atoms with Gasteiger partial charge in [0.05, 0.1) is 19.3 Å². The quantitative estimate of drug-likeness (QED) is 0.681. The van der Waals surface area contributed by atoms with Crippen molar-refractivity contribution in [3.8, 4) is 5.75 Å². The van der Waals surface area contributed by atoms with Crippen LogP contribution in [0.3, 0.4) is 0 Å². The molecule has 0 aliphatic heterocycles. The number of aliphatic hydroxyl groups excluding tert-OH is 1. The van der Waals surface area contributed by atoms with Crippen molar-refractivity contribution in [2.24, 2.45) is 0 Å². The van der Waals surface area contributed by atoms with E-state index in [1.54, 1.807) is 26.8 Å². The minimum atomic E-state index is -3.84. The van der Waals surface area contributed by atoms with Gasteiger partial charge >= 0.3 is 0 Å². The molecule has 6 nitrogen and oxygen atoms in total. The Balaban J connectivity index is 3.32. The highest BCUT2D eigenvalue weighted by Gasteiger charge is 2.30. The number of nitrogens with one attached hydrogen (secondary N) is 1. The van der Waals surface area contributed by atoms with Crippen molar-refractivity contribution in [3.05, 3.63) is 17.7 Å². The van der Waals surface area contributed by atoms with E-state index in [-0.39, 0.29) is 17.3 Å². The van der Waals surface area contributed by atoms with Crippen molar-refractivity contribution in [1.82, 2.24) is 4.72 Å². The maximum atomic E-state index is 12.5. The summed E-state index contributed by atoms with van der Waals surface area (Å²) in [6.45, 7) is 4.89. The number of ether oxygens (including phenoxy) is 1. The second-order valence-electron chi connectivity index (χ2n) is 5.04. The average Bonchev–Trinajstić information content (AvgIpc) is 2.40. The predicted octanol–water partition coefficient (Wildman–Crippen LogP) is 1.03. The van der Waals surface area contributed by atoms with Crippen molar-refractivity contribution in [2.45, 2.75) is 37.6 Å². The van der Waals surface area contributed by atoms with Gasteiger partial charge in [-0.15, -0.1) is 0 Å². The van der Waals surface area contributed by atoms with E-state index in [0.29, 0.717) is 12.1 Å². The van der Waals surface area contributed by atoms with E-state index in [9.17, 15) is 13.5 Å². The summed E-state index contributed by atoms with van der Waals surface area (Å²) >= 11 is 0. The number of nitrogens with two attached hydrogens (primary N) is 1. The molecule has 7 heteroatoms. The minimum absolute atomic E-state index is 0.0313. The van der Waals surface area contributed by atoms with Gasteiger partial charge in [0.2, 0.25) is 10.0 Å². The van der Waals surface area contributed by atoms with Crippen LogP contribution in [-0.4, -0.2) is 32.8 Å². The van der Waals surface area contributed by atoms with Crippen LogP contribution >= 0.6 is 0 Å². The van der Waals surface area contributed by atoms with Crippen LogP contribution in [0.25, 0.3) is 0 Å². The summed E-state index contributed by atoms with van der Waals surface area (Å²) in [6, 6.07) is 2.94. The van der Waals surface area contributed by atoms with Crippen LogP contribution in [0.2, 0.25) is 0 Å². The third-order valence-electron chi connectivity index (χ3n) is 3.35. The van der Waals surface area contributed by atoms with Crippen LogP contribution in [0.4, 0.5) is 5.69 Å². The van der Waals surface area contributed by atoms with Crippen molar-refractivity contribution in [1.29, 1.82) is 0 Å². The number of aliphatic hydroxyl groups is 1. The summed E-state index contributed by atoms with van der Waals surface area (Å²) in [6.07, 6.45) is 0.451. The first-order valence-corrected chi connectivity index (χ1v) is 7.76. The Morgan fingerprint density at radius 3 is 2.50 bits per heavy atom. The summed E-state index contributed by atoms with van der Waals surface area (Å²) < 4.78 is 32.5. The third kappa shape index (κ3) is 3.41. The van der Waals surface area contributed by atoms with Crippen molar-refractivity contribution < 1.29 is 18.3 Å². The number of rotatable bonds is 6. The fourth-order valence-corrected chi connectivity index (χ4v) is 3.30. The molecule has 1 rings (SSSR count). The highest BCUT2D eigenvalue weighted by atomic mass is 32.2. The second-order valence-corrected chi connectivity index (χ2v) is 6.69. The maximum absolute atomic E-state index is 12.5. The lowest BCUT2D eigenvalue weighted by Crippen LogP contribution is -2.48. The Morgan fingerprint density at radius 2 is 2.05 bits per heavy atom. The highest BCUT2D eigenvalue weighted by molar-refractivity contribution is 7.89. The summed E-state index contributed by atoms with van der Waals surface area (Å²) in [7, 11) is -2.44. The Morgan fingerprint density at radius 1 is 1.45 bits per heavy atom. The molecule has 1 aromatic carbocycles. The summed E-state index contributed by atoms with van der Waals surface area (Å²) in [5.41, 5.74) is 5.95. The van der Waals surface area contributed by atoms with Crippen LogP contribution in [0.1, 0.15) is 25.8 Å². The molecule has 4 N–H and O–H groups in total. The molecule has 0 aliphatic rings. The summed E-state index contributed by atoms with van der Waals surface area (Å²) in [5.74, 6) is 0.223. The van der Waals surface area contributed by atoms with Gasteiger partial charge in [-0.25, -0.2) is 13.1 Å². The zero-order valence-electron chi connectivity index (χ0n) is 12.2. The summed E-state index contributed by atoms with van der Waals surface area (Å²) in [5, 5.41) is 9.34. The van der Waals surface area contributed by atoms with Gasteiger partial charge in [0, 0.05) is 5.69 Å². The van der Waals surface area contributed by atoms with E-state index >= 15 is 0 Å². The molecule has 0 aliphatic carbocycles. The van der Waals surface area contributed by atoms with E-state index in [0.717, 1.165) is 5.56 Å². The maximum Gasteiger partial charge on any atom is 0.244 e. The molecule has 1 atom stereocenters. The number of benzene rings is 1. The molecule has 0 spiro atoms. The molecule has 0 saturated carbocycles. The van der Waals surface area contributed by atoms with Gasteiger partial charge in [0.15, 0.2) is 0 Å². The highest BCUT2D eigenvalue weighted by Crippen LogP contribution is 2.29. The molecule has 0 aromatic heterocycles. The monoisotopic (exact) mass is 302 g/mol. The smallest absolute Gasteiger partial charge is 0.244 e. The van der Waals surface area contributed by atoms with E-state index in [2.05, 4.69) is 4.72 Å². The molecular weight excluding hydrogens is 280 g/mol. The molecule has 1 aromatic rings. The lowest BCUT2D eigenvalue weighted by Gasteiger charge is -2.27. The Kier molecular flexibility index (Phi) is 5.01. The first-order valence-electron chi connectivity index (χ1n) is 6.28. The molecule has 114 valence electrons. The van der Waals surface area contributed by atoms with E-state index in [1.807, 2.05) is 0 Å². The number of hydrogen-bond acceptors (Lipinski definition) is 5. The fraction of sp³-hybridized carbons (Fsp3) is 0.538. The minimum Gasteiger partial charge on any atom is -0.495 e. The number of aryl methyl sites for hydroxylation is 1. The molecule has 0 amide bonds. The lowest BCUT2D eigenvalue weighted by atomic mass is 10.0. The van der Waals surface area contributed by atoms with E-state index in [4.69, 9.17) is 10.5 Å². The molecule has 0 bridgehead atoms. The van der Waals surface area contributed by atoms with E-state index in [1.165, 1.54) is 13.2 Å². The van der Waals surface area contributed by atoms with Crippen LogP contribution in [0, 0.1) is 6.92 Å². The van der Waals surface area contributed by atoms with Gasteiger partial charge in [-0.2, -0.15) is 0 Å². The van der Waals surface area contributed by atoms with Gasteiger partial charge in [-0.3, -0.25) is 0 Å². The number of hydrogen-bond donors (Lipinski definition) is 3. The molecule has 0 heterocycles. The largest absolute Gasteiger partial charge is 0.495 e. The van der Waals surface area contributed by atoms with Crippen LogP contribution in [0.5, 0.6) is 5.75 Å². The van der Waals surface area contributed by atoms with Crippen molar-refractivity contribution in [2.75, 3.05) is 19.5 Å². The van der Waals surface area contributed by atoms with Crippen molar-refractivity contribution >= 4 is 15.7 Å². The number of methoxy groups -OCH3 is 1. The summed E-state index contributed by atoms with van der Waals surface area (Å²) in [4.78, 5) is -0.0313. The van der Waals surface area contributed by atoms with Gasteiger partial charge in [0.1, 0.15) is 10.6 Å². The van der Waals surface area contributed by atoms with Crippen molar-refractivity contribution in [3.63, 3.8) is 0 Å². The first-order chi connectivity index (χ1) is 9.19. The Bertz CT molecular complexity index is 580. The third-order valence-corrected chi connectivity index (χ3v) is 5.01. The first kappa shape index (κ1) is 16.7. The average molecular weight is 302 g/mol. The Labute approximate surface area is 120 Å². The van der Waals surface area contributed by atoms with Gasteiger partial charge in [-0.05, 0) is 38.0 Å². The SMILES string of the molecule is CCC(C)(CO)NS(=O)(=O)c1cc(N)c(C)cc1OC. The second kappa shape index (κ2) is 5.99. The lowest BCUT2D eigenvalue weighted by molar-refractivity contribution is 0.191. The van der Waals surface area contributed by atoms with Crippen LogP contribution < -0.4 is 15.2 Å². The van der Waals surface area contributed by atoms with Gasteiger partial charge < -0.3 is 15.6 Å². The molecule has 0 radical (unpaired) electrons. The molecular formula is C13H22N2O4S. The molecule has 20 heavy (non-hydrogen) atoms. The number of nitrogen functional groups attached to an aromatic ring is 1. The standard InChI is InChI=1S/C13H22N2O4S/c1-5-13(3,8-16)15-20(17,18)12-7-10(14)9(2)6-11(12)19-4/h6-7,15-16H,5,8,14H2,1-4H3. The molecule has 0 fully saturated rings. The van der Waals surface area contributed by atoms with Crippen LogP contribution in [0.15, 0.2) is 17.0 Å². The van der Waals surface area contributed by atoms with Gasteiger partial charge in [0.25, 0.3) is 0 Å². The molecule has 1 unspecified atom stereocenters. The zero-order valence-corrected chi connectivity index (χ0v) is 13.0. The Hall–Kier alpha value is -1.31. The fourth-order valence-electron chi connectivity index (χ4n) is 1.64. The number of anilines is 1. The van der Waals surface area contributed by atoms with Gasteiger partial charge in [-0.1, -0.05) is 6.92 Å². The molecule has 0 saturated heterocycles. The van der Waals surface area contributed by atoms with Crippen LogP contribution in [-0.2, 0) is 10.0 Å². The number of sulfonamides is 1. The topological polar surface area (TPSA) is 102 Å². The van der Waals surface area contributed by atoms with E-state index < -0.39 is 15.6 Å². The zero-order chi connectivity index (χ0) is 15.6. The predicted molar refractivity (Wildman–Crippen MR) is 78.2 cm³/mol.